The molecule has 0 spiro atoms. The number of halogens is 1. The highest BCUT2D eigenvalue weighted by atomic mass is 35.5. The van der Waals surface area contributed by atoms with Crippen LogP contribution >= 0.6 is 11.6 Å². The van der Waals surface area contributed by atoms with Crippen molar-refractivity contribution in [1.29, 1.82) is 0 Å². The normalized spacial score (nSPS) is 24.2. The van der Waals surface area contributed by atoms with Crippen molar-refractivity contribution in [1.82, 2.24) is 4.90 Å². The van der Waals surface area contributed by atoms with E-state index in [0.29, 0.717) is 17.3 Å². The molecule has 2 atom stereocenters. The molecule has 1 aromatic carbocycles. The first-order valence-corrected chi connectivity index (χ1v) is 6.84. The smallest absolute Gasteiger partial charge is 0.238 e. The lowest BCUT2D eigenvalue weighted by Crippen LogP contribution is -2.48. The molecule has 19 heavy (non-hydrogen) atoms. The number of carbonyl (C=O) groups is 1. The summed E-state index contributed by atoms with van der Waals surface area (Å²) in [7, 11) is 0. The van der Waals surface area contributed by atoms with Crippen LogP contribution in [-0.2, 0) is 9.53 Å². The van der Waals surface area contributed by atoms with Crippen LogP contribution in [0, 0.1) is 0 Å². The van der Waals surface area contributed by atoms with E-state index in [2.05, 4.69) is 10.2 Å². The van der Waals surface area contributed by atoms with Crippen molar-refractivity contribution in [3.63, 3.8) is 0 Å². The van der Waals surface area contributed by atoms with Crippen molar-refractivity contribution in [2.45, 2.75) is 26.1 Å². The van der Waals surface area contributed by atoms with Crippen LogP contribution in [-0.4, -0.2) is 42.6 Å². The minimum absolute atomic E-state index is 0.0469. The van der Waals surface area contributed by atoms with E-state index in [-0.39, 0.29) is 18.1 Å². The van der Waals surface area contributed by atoms with E-state index in [1.54, 1.807) is 12.1 Å². The highest BCUT2D eigenvalue weighted by Gasteiger charge is 2.23. The number of anilines is 1. The largest absolute Gasteiger partial charge is 0.373 e. The van der Waals surface area contributed by atoms with Crippen molar-refractivity contribution in [3.8, 4) is 0 Å². The number of nitrogens with one attached hydrogen (secondary N) is 1. The first-order valence-electron chi connectivity index (χ1n) is 6.47. The molecule has 104 valence electrons. The maximum absolute atomic E-state index is 12.0. The minimum atomic E-state index is -0.0469. The van der Waals surface area contributed by atoms with E-state index in [1.165, 1.54) is 0 Å². The zero-order chi connectivity index (χ0) is 13.8. The second-order valence-corrected chi connectivity index (χ2v) is 5.39. The molecular weight excluding hydrogens is 264 g/mol. The van der Waals surface area contributed by atoms with Crippen molar-refractivity contribution < 1.29 is 9.53 Å². The Hall–Kier alpha value is -1.10. The molecule has 1 saturated heterocycles. The molecule has 2 rings (SSSR count). The number of nitrogens with zero attached hydrogens (tertiary/aromatic N) is 1. The third-order valence-electron chi connectivity index (χ3n) is 3.01. The molecule has 0 saturated carbocycles. The average Bonchev–Trinajstić information content (AvgIpc) is 2.30. The molecule has 1 N–H and O–H groups in total. The Morgan fingerprint density at radius 2 is 2.00 bits per heavy atom. The summed E-state index contributed by atoms with van der Waals surface area (Å²) in [4.78, 5) is 14.1. The summed E-state index contributed by atoms with van der Waals surface area (Å²) in [5.74, 6) is -0.0469. The van der Waals surface area contributed by atoms with Gasteiger partial charge in [-0.3, -0.25) is 9.69 Å². The zero-order valence-electron chi connectivity index (χ0n) is 11.2. The maximum Gasteiger partial charge on any atom is 0.238 e. The third-order valence-corrected chi connectivity index (χ3v) is 3.34. The topological polar surface area (TPSA) is 41.6 Å². The van der Waals surface area contributed by atoms with Gasteiger partial charge in [-0.2, -0.15) is 0 Å². The predicted octanol–water partition coefficient (Wildman–Crippen LogP) is 2.39. The fourth-order valence-electron chi connectivity index (χ4n) is 2.37. The highest BCUT2D eigenvalue weighted by Crippen LogP contribution is 2.20. The molecule has 0 unspecified atom stereocenters. The molecule has 0 bridgehead atoms. The SMILES string of the molecule is C[C@@H]1CN(CC(=O)Nc2ccccc2Cl)C[C@H](C)O1. The Bertz CT molecular complexity index is 443. The van der Waals surface area contributed by atoms with E-state index < -0.39 is 0 Å². The molecule has 1 heterocycles. The fourth-order valence-corrected chi connectivity index (χ4v) is 2.55. The molecular formula is C14H19ClN2O2. The molecule has 0 aromatic heterocycles. The van der Waals surface area contributed by atoms with Gasteiger partial charge in [0.25, 0.3) is 0 Å². The summed E-state index contributed by atoms with van der Waals surface area (Å²) in [6, 6.07) is 7.24. The summed E-state index contributed by atoms with van der Waals surface area (Å²) >= 11 is 6.01. The van der Waals surface area contributed by atoms with Crippen LogP contribution in [0.3, 0.4) is 0 Å². The highest BCUT2D eigenvalue weighted by molar-refractivity contribution is 6.33. The van der Waals surface area contributed by atoms with Gasteiger partial charge in [0.2, 0.25) is 5.91 Å². The number of carbonyl (C=O) groups excluding carboxylic acids is 1. The van der Waals surface area contributed by atoms with E-state index >= 15 is 0 Å². The predicted molar refractivity (Wildman–Crippen MR) is 76.5 cm³/mol. The third kappa shape index (κ3) is 4.20. The van der Waals surface area contributed by atoms with Gasteiger partial charge in [-0.1, -0.05) is 23.7 Å². The summed E-state index contributed by atoms with van der Waals surface area (Å²) in [6.07, 6.45) is 0.328. The summed E-state index contributed by atoms with van der Waals surface area (Å²) in [5.41, 5.74) is 0.656. The Balaban J connectivity index is 1.89. The quantitative estimate of drug-likeness (QED) is 0.925. The lowest BCUT2D eigenvalue weighted by molar-refractivity contribution is -0.121. The molecule has 5 heteroatoms. The standard InChI is InChI=1S/C14H19ClN2O2/c1-10-7-17(8-11(2)19-10)9-14(18)16-13-6-4-3-5-12(13)15/h3-6,10-11H,7-9H2,1-2H3,(H,16,18)/t10-,11+. The average molecular weight is 283 g/mol. The van der Waals surface area contributed by atoms with Crippen LogP contribution in [0.5, 0.6) is 0 Å². The Kier molecular flexibility index (Phi) is 4.80. The van der Waals surface area contributed by atoms with Crippen molar-refractivity contribution in [2.75, 3.05) is 25.0 Å². The number of hydrogen-bond acceptors (Lipinski definition) is 3. The first-order chi connectivity index (χ1) is 9.04. The van der Waals surface area contributed by atoms with Gasteiger partial charge < -0.3 is 10.1 Å². The first kappa shape index (κ1) is 14.3. The molecule has 1 aliphatic rings. The van der Waals surface area contributed by atoms with Crippen LogP contribution in [0.25, 0.3) is 0 Å². The second kappa shape index (κ2) is 6.37. The minimum Gasteiger partial charge on any atom is -0.373 e. The zero-order valence-corrected chi connectivity index (χ0v) is 12.0. The lowest BCUT2D eigenvalue weighted by Gasteiger charge is -2.34. The Morgan fingerprint density at radius 3 is 2.63 bits per heavy atom. The van der Waals surface area contributed by atoms with Gasteiger partial charge in [-0.05, 0) is 26.0 Å². The van der Waals surface area contributed by atoms with Crippen LogP contribution < -0.4 is 5.32 Å². The molecule has 4 nitrogen and oxygen atoms in total. The van der Waals surface area contributed by atoms with Crippen molar-refractivity contribution in [2.24, 2.45) is 0 Å². The van der Waals surface area contributed by atoms with Crippen LogP contribution in [0.2, 0.25) is 5.02 Å². The number of morpholine rings is 1. The fraction of sp³-hybridized carbons (Fsp3) is 0.500. The monoisotopic (exact) mass is 282 g/mol. The number of para-hydroxylation sites is 1. The van der Waals surface area contributed by atoms with Crippen molar-refractivity contribution in [3.05, 3.63) is 29.3 Å². The molecule has 1 fully saturated rings. The van der Waals surface area contributed by atoms with Crippen molar-refractivity contribution >= 4 is 23.2 Å². The number of ether oxygens (including phenoxy) is 1. The Morgan fingerprint density at radius 1 is 1.37 bits per heavy atom. The molecule has 0 aliphatic carbocycles. The van der Waals surface area contributed by atoms with E-state index in [0.717, 1.165) is 13.1 Å². The van der Waals surface area contributed by atoms with E-state index in [1.807, 2.05) is 26.0 Å². The number of amides is 1. The number of hydrogen-bond donors (Lipinski definition) is 1. The van der Waals surface area contributed by atoms with Gasteiger partial charge in [0.15, 0.2) is 0 Å². The Labute approximate surface area is 118 Å². The van der Waals surface area contributed by atoms with Gasteiger partial charge in [-0.25, -0.2) is 0 Å². The van der Waals surface area contributed by atoms with E-state index in [9.17, 15) is 4.79 Å². The molecule has 1 aromatic rings. The maximum atomic E-state index is 12.0. The van der Waals surface area contributed by atoms with Gasteiger partial charge in [-0.15, -0.1) is 0 Å². The van der Waals surface area contributed by atoms with E-state index in [4.69, 9.17) is 16.3 Å². The van der Waals surface area contributed by atoms with Gasteiger partial charge in [0, 0.05) is 13.1 Å². The summed E-state index contributed by atoms with van der Waals surface area (Å²) in [5, 5.41) is 3.39. The summed E-state index contributed by atoms with van der Waals surface area (Å²) < 4.78 is 5.64. The second-order valence-electron chi connectivity index (χ2n) is 4.98. The summed E-state index contributed by atoms with van der Waals surface area (Å²) in [6.45, 7) is 5.97. The van der Waals surface area contributed by atoms with Crippen LogP contribution in [0.15, 0.2) is 24.3 Å². The molecule has 1 amide bonds. The molecule has 1 aliphatic heterocycles. The number of rotatable bonds is 3. The van der Waals surface area contributed by atoms with Gasteiger partial charge >= 0.3 is 0 Å². The van der Waals surface area contributed by atoms with Crippen LogP contribution in [0.4, 0.5) is 5.69 Å². The van der Waals surface area contributed by atoms with Gasteiger partial charge in [0.05, 0.1) is 29.5 Å². The molecule has 0 radical (unpaired) electrons. The lowest BCUT2D eigenvalue weighted by atomic mass is 10.2. The number of benzene rings is 1. The van der Waals surface area contributed by atoms with Gasteiger partial charge in [0.1, 0.15) is 0 Å². The van der Waals surface area contributed by atoms with Crippen LogP contribution in [0.1, 0.15) is 13.8 Å².